The van der Waals surface area contributed by atoms with Gasteiger partial charge in [-0.1, -0.05) is 22.0 Å². The SMILES string of the molecule is Cc1cc(NC(=O)[C@@H]2CCCN(C(=O)c3cccs3)C2)ccc1Br. The molecule has 1 fully saturated rings. The van der Waals surface area contributed by atoms with Gasteiger partial charge in [0.15, 0.2) is 0 Å². The molecule has 0 radical (unpaired) electrons. The zero-order valence-electron chi connectivity index (χ0n) is 13.4. The summed E-state index contributed by atoms with van der Waals surface area (Å²) in [5, 5.41) is 4.88. The lowest BCUT2D eigenvalue weighted by atomic mass is 9.96. The summed E-state index contributed by atoms with van der Waals surface area (Å²) in [6.45, 7) is 3.19. The zero-order chi connectivity index (χ0) is 17.1. The van der Waals surface area contributed by atoms with E-state index in [0.717, 1.165) is 40.0 Å². The van der Waals surface area contributed by atoms with Crippen LogP contribution in [0.25, 0.3) is 0 Å². The van der Waals surface area contributed by atoms with Gasteiger partial charge in [-0.2, -0.15) is 0 Å². The number of anilines is 1. The molecule has 1 aliphatic rings. The molecule has 1 aliphatic heterocycles. The number of carbonyl (C=O) groups is 2. The fourth-order valence-corrected chi connectivity index (χ4v) is 3.84. The number of likely N-dealkylation sites (tertiary alicyclic amines) is 1. The molecular weight excluding hydrogens is 388 g/mol. The predicted octanol–water partition coefficient (Wildman–Crippen LogP) is 4.31. The fraction of sp³-hybridized carbons (Fsp3) is 0.333. The molecule has 0 spiro atoms. The highest BCUT2D eigenvalue weighted by molar-refractivity contribution is 9.10. The van der Waals surface area contributed by atoms with Crippen molar-refractivity contribution in [1.82, 2.24) is 4.90 Å². The maximum Gasteiger partial charge on any atom is 0.263 e. The van der Waals surface area contributed by atoms with E-state index in [2.05, 4.69) is 21.2 Å². The van der Waals surface area contributed by atoms with Crippen molar-refractivity contribution < 1.29 is 9.59 Å². The van der Waals surface area contributed by atoms with Crippen molar-refractivity contribution >= 4 is 44.8 Å². The van der Waals surface area contributed by atoms with Crippen LogP contribution in [0, 0.1) is 12.8 Å². The Morgan fingerprint density at radius 1 is 1.33 bits per heavy atom. The van der Waals surface area contributed by atoms with Crippen molar-refractivity contribution in [3.8, 4) is 0 Å². The minimum Gasteiger partial charge on any atom is -0.337 e. The van der Waals surface area contributed by atoms with E-state index >= 15 is 0 Å². The zero-order valence-corrected chi connectivity index (χ0v) is 15.8. The van der Waals surface area contributed by atoms with Crippen molar-refractivity contribution in [2.75, 3.05) is 18.4 Å². The first-order valence-corrected chi connectivity index (χ1v) is 9.61. The van der Waals surface area contributed by atoms with Gasteiger partial charge in [0.2, 0.25) is 5.91 Å². The number of halogens is 1. The number of nitrogens with one attached hydrogen (secondary N) is 1. The molecule has 1 saturated heterocycles. The van der Waals surface area contributed by atoms with E-state index in [-0.39, 0.29) is 17.7 Å². The first-order chi connectivity index (χ1) is 11.5. The van der Waals surface area contributed by atoms with Gasteiger partial charge in [-0.15, -0.1) is 11.3 Å². The quantitative estimate of drug-likeness (QED) is 0.825. The van der Waals surface area contributed by atoms with Crippen molar-refractivity contribution in [2.45, 2.75) is 19.8 Å². The van der Waals surface area contributed by atoms with Crippen molar-refractivity contribution in [2.24, 2.45) is 5.92 Å². The number of rotatable bonds is 3. The maximum absolute atomic E-state index is 12.6. The molecule has 1 atom stereocenters. The maximum atomic E-state index is 12.6. The third-order valence-electron chi connectivity index (χ3n) is 4.24. The Kier molecular flexibility index (Phi) is 5.36. The van der Waals surface area contributed by atoms with Crippen LogP contribution in [-0.2, 0) is 4.79 Å². The minimum absolute atomic E-state index is 0.0135. The van der Waals surface area contributed by atoms with Gasteiger partial charge in [0.25, 0.3) is 5.91 Å². The van der Waals surface area contributed by atoms with Gasteiger partial charge in [0.05, 0.1) is 10.8 Å². The van der Waals surface area contributed by atoms with Crippen LogP contribution in [0.5, 0.6) is 0 Å². The van der Waals surface area contributed by atoms with E-state index in [9.17, 15) is 9.59 Å². The lowest BCUT2D eigenvalue weighted by Gasteiger charge is -2.31. The van der Waals surface area contributed by atoms with Crippen molar-refractivity contribution in [3.63, 3.8) is 0 Å². The third-order valence-corrected chi connectivity index (χ3v) is 5.98. The second-order valence-corrected chi connectivity index (χ2v) is 7.82. The van der Waals surface area contributed by atoms with Crippen LogP contribution in [0.1, 0.15) is 28.1 Å². The highest BCUT2D eigenvalue weighted by atomic mass is 79.9. The number of hydrogen-bond donors (Lipinski definition) is 1. The molecule has 24 heavy (non-hydrogen) atoms. The normalized spacial score (nSPS) is 17.6. The Morgan fingerprint density at radius 2 is 2.17 bits per heavy atom. The van der Waals surface area contributed by atoms with Crippen molar-refractivity contribution in [1.29, 1.82) is 0 Å². The molecule has 1 aromatic carbocycles. The van der Waals surface area contributed by atoms with Crippen LogP contribution >= 0.6 is 27.3 Å². The van der Waals surface area contributed by atoms with E-state index < -0.39 is 0 Å². The molecular formula is C18H19BrN2O2S. The van der Waals surface area contributed by atoms with Crippen LogP contribution in [0.4, 0.5) is 5.69 Å². The number of piperidine rings is 1. The summed E-state index contributed by atoms with van der Waals surface area (Å²) >= 11 is 4.90. The summed E-state index contributed by atoms with van der Waals surface area (Å²) in [6.07, 6.45) is 1.67. The molecule has 1 N–H and O–H groups in total. The van der Waals surface area contributed by atoms with E-state index in [1.54, 1.807) is 4.90 Å². The summed E-state index contributed by atoms with van der Waals surface area (Å²) in [5.74, 6) is -0.144. The van der Waals surface area contributed by atoms with E-state index in [1.807, 2.05) is 42.6 Å². The summed E-state index contributed by atoms with van der Waals surface area (Å²) in [4.78, 5) is 27.6. The lowest BCUT2D eigenvalue weighted by Crippen LogP contribution is -2.43. The number of carbonyl (C=O) groups excluding carboxylic acids is 2. The highest BCUT2D eigenvalue weighted by Crippen LogP contribution is 2.24. The van der Waals surface area contributed by atoms with Gasteiger partial charge in [0.1, 0.15) is 0 Å². The van der Waals surface area contributed by atoms with Crippen LogP contribution in [0.2, 0.25) is 0 Å². The molecule has 0 saturated carbocycles. The highest BCUT2D eigenvalue weighted by Gasteiger charge is 2.29. The largest absolute Gasteiger partial charge is 0.337 e. The average molecular weight is 407 g/mol. The lowest BCUT2D eigenvalue weighted by molar-refractivity contribution is -0.121. The van der Waals surface area contributed by atoms with E-state index in [4.69, 9.17) is 0 Å². The molecule has 1 aromatic heterocycles. The molecule has 2 heterocycles. The standard InChI is InChI=1S/C18H19BrN2O2S/c1-12-10-14(6-7-15(12)19)20-17(22)13-4-2-8-21(11-13)18(23)16-5-3-9-24-16/h3,5-7,9-10,13H,2,4,8,11H2,1H3,(H,20,22)/t13-/m1/s1. The van der Waals surface area contributed by atoms with Gasteiger partial charge < -0.3 is 10.2 Å². The Hall–Kier alpha value is -1.66. The number of thiophene rings is 1. The number of benzene rings is 1. The molecule has 2 aromatic rings. The van der Waals surface area contributed by atoms with Gasteiger partial charge in [-0.3, -0.25) is 9.59 Å². The number of amides is 2. The van der Waals surface area contributed by atoms with Gasteiger partial charge in [-0.05, 0) is 55.0 Å². The number of aryl methyl sites for hydroxylation is 1. The second-order valence-electron chi connectivity index (χ2n) is 6.02. The Morgan fingerprint density at radius 3 is 2.88 bits per heavy atom. The van der Waals surface area contributed by atoms with Crippen LogP contribution in [0.3, 0.4) is 0 Å². The molecule has 0 unspecified atom stereocenters. The first kappa shape index (κ1) is 17.2. The molecule has 3 rings (SSSR count). The third kappa shape index (κ3) is 3.87. The topological polar surface area (TPSA) is 49.4 Å². The Labute approximate surface area is 154 Å². The van der Waals surface area contributed by atoms with Crippen LogP contribution in [-0.4, -0.2) is 29.8 Å². The van der Waals surface area contributed by atoms with Gasteiger partial charge in [0, 0.05) is 23.2 Å². The number of nitrogens with zero attached hydrogens (tertiary/aromatic N) is 1. The van der Waals surface area contributed by atoms with Crippen LogP contribution in [0.15, 0.2) is 40.2 Å². The first-order valence-electron chi connectivity index (χ1n) is 7.94. The molecule has 2 amide bonds. The van der Waals surface area contributed by atoms with Gasteiger partial charge >= 0.3 is 0 Å². The second kappa shape index (κ2) is 7.49. The molecule has 6 heteroatoms. The molecule has 126 valence electrons. The van der Waals surface area contributed by atoms with Crippen LogP contribution < -0.4 is 5.32 Å². The monoisotopic (exact) mass is 406 g/mol. The fourth-order valence-electron chi connectivity index (χ4n) is 2.90. The van der Waals surface area contributed by atoms with Gasteiger partial charge in [-0.25, -0.2) is 0 Å². The van der Waals surface area contributed by atoms with E-state index in [0.29, 0.717) is 6.54 Å². The Balaban J connectivity index is 1.64. The minimum atomic E-state index is -0.161. The molecule has 4 nitrogen and oxygen atoms in total. The smallest absolute Gasteiger partial charge is 0.263 e. The van der Waals surface area contributed by atoms with E-state index in [1.165, 1.54) is 11.3 Å². The summed E-state index contributed by atoms with van der Waals surface area (Å²) in [7, 11) is 0. The number of hydrogen-bond acceptors (Lipinski definition) is 3. The predicted molar refractivity (Wildman–Crippen MR) is 100 cm³/mol. The Bertz CT molecular complexity index is 745. The summed E-state index contributed by atoms with van der Waals surface area (Å²) < 4.78 is 1.02. The molecule has 0 bridgehead atoms. The van der Waals surface area contributed by atoms with Crippen molar-refractivity contribution in [3.05, 3.63) is 50.6 Å². The summed E-state index contributed by atoms with van der Waals surface area (Å²) in [5.41, 5.74) is 1.87. The average Bonchev–Trinajstić information content (AvgIpc) is 3.12. The molecule has 0 aliphatic carbocycles. The summed E-state index contributed by atoms with van der Waals surface area (Å²) in [6, 6.07) is 9.47.